The second kappa shape index (κ2) is 14.3. The van der Waals surface area contributed by atoms with Crippen LogP contribution < -0.4 is 0 Å². The number of carbonyl (C=O) groups is 1. The average molecular weight is 423 g/mol. The van der Waals surface area contributed by atoms with Gasteiger partial charge in [0.25, 0.3) is 0 Å². The molecule has 0 amide bonds. The summed E-state index contributed by atoms with van der Waals surface area (Å²) in [5.41, 5.74) is 0. The van der Waals surface area contributed by atoms with Gasteiger partial charge >= 0.3 is 0 Å². The van der Waals surface area contributed by atoms with E-state index >= 15 is 0 Å². The van der Waals surface area contributed by atoms with Crippen LogP contribution in [0.3, 0.4) is 0 Å². The van der Waals surface area contributed by atoms with E-state index in [1.165, 1.54) is 11.8 Å². The first kappa shape index (κ1) is 27.3. The van der Waals surface area contributed by atoms with E-state index in [1.54, 1.807) is 0 Å². The van der Waals surface area contributed by atoms with E-state index in [4.69, 9.17) is 9.26 Å². The molecule has 27 heavy (non-hydrogen) atoms. The molecular formula is C20H43N2O3PS. The lowest BCUT2D eigenvalue weighted by atomic mass is 10.1. The number of rotatable bonds is 14. The molecule has 0 spiro atoms. The van der Waals surface area contributed by atoms with Crippen LogP contribution in [0.5, 0.6) is 0 Å². The van der Waals surface area contributed by atoms with Crippen molar-refractivity contribution in [1.29, 1.82) is 0 Å². The lowest BCUT2D eigenvalue weighted by Gasteiger charge is -2.45. The molecule has 1 atom stereocenters. The molecule has 0 aromatic heterocycles. The Bertz CT molecular complexity index is 373. The molecule has 0 radical (unpaired) electrons. The minimum absolute atomic E-state index is 0.121. The van der Waals surface area contributed by atoms with Gasteiger partial charge in [-0.25, -0.2) is 9.34 Å². The normalized spacial score (nSPS) is 14.0. The lowest BCUT2D eigenvalue weighted by Crippen LogP contribution is -2.43. The Labute approximate surface area is 173 Å². The Balaban J connectivity index is 4.76. The van der Waals surface area contributed by atoms with Crippen LogP contribution in [-0.4, -0.2) is 57.8 Å². The smallest absolute Gasteiger partial charge is 0.191 e. The highest BCUT2D eigenvalue weighted by Gasteiger charge is 2.34. The van der Waals surface area contributed by atoms with Crippen molar-refractivity contribution in [3.8, 4) is 0 Å². The highest BCUT2D eigenvalue weighted by Crippen LogP contribution is 2.50. The molecule has 0 aliphatic heterocycles. The van der Waals surface area contributed by atoms with E-state index in [1.807, 2.05) is 13.8 Å². The molecule has 5 nitrogen and oxygen atoms in total. The summed E-state index contributed by atoms with van der Waals surface area (Å²) in [6.07, 6.45) is 0.889. The van der Waals surface area contributed by atoms with Gasteiger partial charge in [-0.1, -0.05) is 25.6 Å². The topological polar surface area (TPSA) is 42.0 Å². The van der Waals surface area contributed by atoms with Gasteiger partial charge in [-0.3, -0.25) is 4.79 Å². The number of hydrogen-bond acceptors (Lipinski definition) is 6. The van der Waals surface area contributed by atoms with Gasteiger partial charge in [0, 0.05) is 35.8 Å². The number of nitrogens with zero attached hydrogens (tertiary/aromatic N) is 2. The van der Waals surface area contributed by atoms with E-state index in [9.17, 15) is 4.79 Å². The van der Waals surface area contributed by atoms with Crippen molar-refractivity contribution >= 4 is 25.3 Å². The largest absolute Gasteiger partial charge is 0.354 e. The molecule has 0 bridgehead atoms. The van der Waals surface area contributed by atoms with Crippen LogP contribution in [0.15, 0.2) is 0 Å². The number of hydrogen-bond donors (Lipinski definition) is 0. The monoisotopic (exact) mass is 422 g/mol. The zero-order valence-corrected chi connectivity index (χ0v) is 20.9. The van der Waals surface area contributed by atoms with Gasteiger partial charge in [-0.2, -0.15) is 0 Å². The van der Waals surface area contributed by atoms with Crippen LogP contribution in [0.4, 0.5) is 0 Å². The van der Waals surface area contributed by atoms with Gasteiger partial charge in [-0.05, 0) is 61.8 Å². The van der Waals surface area contributed by atoms with Crippen LogP contribution in [0, 0.1) is 5.92 Å². The number of thioether (sulfide) groups is 1. The van der Waals surface area contributed by atoms with Crippen molar-refractivity contribution in [3.05, 3.63) is 0 Å². The zero-order valence-electron chi connectivity index (χ0n) is 19.2. The molecule has 0 heterocycles. The van der Waals surface area contributed by atoms with E-state index in [0.29, 0.717) is 36.5 Å². The van der Waals surface area contributed by atoms with Gasteiger partial charge in [-0.15, -0.1) is 0 Å². The maximum Gasteiger partial charge on any atom is 0.191 e. The van der Waals surface area contributed by atoms with Crippen LogP contribution in [0.25, 0.3) is 0 Å². The second-order valence-electron chi connectivity index (χ2n) is 8.02. The standard InChI is InChI=1S/C20H43N2O3PS/c1-11-19(10)20(23)27-13-12-24-14-25-26(21(15(2)3)16(4)5)22(17(6)7)18(8)9/h15-19H,11-14H2,1-10H3. The molecule has 162 valence electrons. The Morgan fingerprint density at radius 3 is 1.70 bits per heavy atom. The maximum atomic E-state index is 11.9. The lowest BCUT2D eigenvalue weighted by molar-refractivity contribution is -0.114. The third-order valence-corrected chi connectivity index (χ3v) is 8.28. The summed E-state index contributed by atoms with van der Waals surface area (Å²) in [7, 11) is -0.924. The Hall–Kier alpha value is 0.290. The summed E-state index contributed by atoms with van der Waals surface area (Å²) in [4.78, 5) is 11.9. The van der Waals surface area contributed by atoms with Gasteiger partial charge in [0.05, 0.1) is 6.61 Å². The first-order valence-corrected chi connectivity index (χ1v) is 12.4. The van der Waals surface area contributed by atoms with E-state index in [2.05, 4.69) is 64.7 Å². The molecule has 0 saturated heterocycles. The average Bonchev–Trinajstić information content (AvgIpc) is 2.55. The Morgan fingerprint density at radius 1 is 0.889 bits per heavy atom. The third-order valence-electron chi connectivity index (χ3n) is 4.25. The molecular weight excluding hydrogens is 379 g/mol. The van der Waals surface area contributed by atoms with Crippen LogP contribution in [0.1, 0.15) is 75.7 Å². The minimum Gasteiger partial charge on any atom is -0.354 e. The van der Waals surface area contributed by atoms with Crippen molar-refractivity contribution in [1.82, 2.24) is 9.34 Å². The molecule has 0 N–H and O–H groups in total. The summed E-state index contributed by atoms with van der Waals surface area (Å²) >= 11 is 1.37. The third kappa shape index (κ3) is 10.0. The van der Waals surface area contributed by atoms with Gasteiger partial charge in [0.15, 0.2) is 20.4 Å². The summed E-state index contributed by atoms with van der Waals surface area (Å²) in [6, 6.07) is 1.55. The fourth-order valence-electron chi connectivity index (χ4n) is 2.89. The van der Waals surface area contributed by atoms with Gasteiger partial charge < -0.3 is 9.26 Å². The van der Waals surface area contributed by atoms with Gasteiger partial charge in [0.2, 0.25) is 0 Å². The fourth-order valence-corrected chi connectivity index (χ4v) is 6.00. The van der Waals surface area contributed by atoms with Crippen LogP contribution in [-0.2, 0) is 14.1 Å². The van der Waals surface area contributed by atoms with Crippen molar-refractivity contribution in [2.45, 2.75) is 99.8 Å². The van der Waals surface area contributed by atoms with Crippen molar-refractivity contribution in [3.63, 3.8) is 0 Å². The summed E-state index contributed by atoms with van der Waals surface area (Å²) in [6.45, 7) is 22.6. The number of ether oxygens (including phenoxy) is 1. The summed E-state index contributed by atoms with van der Waals surface area (Å²) in [5, 5.41) is 0.251. The molecule has 0 aromatic carbocycles. The minimum atomic E-state index is -0.924. The van der Waals surface area contributed by atoms with Gasteiger partial charge in [0.1, 0.15) is 0 Å². The SMILES string of the molecule is CCC(C)C(=O)SCCOCOP(N(C(C)C)C(C)C)N(C(C)C)C(C)C. The van der Waals surface area contributed by atoms with E-state index < -0.39 is 8.45 Å². The highest BCUT2D eigenvalue weighted by atomic mass is 32.2. The van der Waals surface area contributed by atoms with Crippen molar-refractivity contribution < 1.29 is 14.1 Å². The van der Waals surface area contributed by atoms with Crippen LogP contribution in [0.2, 0.25) is 0 Å². The second-order valence-corrected chi connectivity index (χ2v) is 10.8. The Morgan fingerprint density at radius 2 is 1.33 bits per heavy atom. The van der Waals surface area contributed by atoms with E-state index in [-0.39, 0.29) is 17.8 Å². The molecule has 1 unspecified atom stereocenters. The molecule has 0 aliphatic rings. The molecule has 0 rings (SSSR count). The maximum absolute atomic E-state index is 11.9. The molecule has 0 fully saturated rings. The molecule has 0 aromatic rings. The van der Waals surface area contributed by atoms with Crippen molar-refractivity contribution in [2.75, 3.05) is 19.2 Å². The quantitative estimate of drug-likeness (QED) is 0.202. The number of carbonyl (C=O) groups excluding carboxylic acids is 1. The zero-order chi connectivity index (χ0) is 21.1. The molecule has 0 aliphatic carbocycles. The highest BCUT2D eigenvalue weighted by molar-refractivity contribution is 8.13. The van der Waals surface area contributed by atoms with Crippen molar-refractivity contribution in [2.24, 2.45) is 5.92 Å². The summed E-state index contributed by atoms with van der Waals surface area (Å²) < 4.78 is 16.9. The Kier molecular flexibility index (Phi) is 14.5. The molecule has 7 heteroatoms. The van der Waals surface area contributed by atoms with E-state index in [0.717, 1.165) is 6.42 Å². The predicted octanol–water partition coefficient (Wildman–Crippen LogP) is 5.75. The fraction of sp³-hybridized carbons (Fsp3) is 0.950. The predicted molar refractivity (Wildman–Crippen MR) is 120 cm³/mol. The summed E-state index contributed by atoms with van der Waals surface area (Å²) in [5.74, 6) is 0.802. The molecule has 0 saturated carbocycles. The first-order valence-electron chi connectivity index (χ1n) is 10.3. The first-order chi connectivity index (χ1) is 12.5. The van der Waals surface area contributed by atoms with Crippen LogP contribution >= 0.6 is 20.2 Å².